The molecule has 1 saturated heterocycles. The highest BCUT2D eigenvalue weighted by Crippen LogP contribution is 2.39. The number of pyridine rings is 1. The fraction of sp³-hybridized carbons (Fsp3) is 0.556. The number of halogens is 4. The van der Waals surface area contributed by atoms with Gasteiger partial charge in [0.15, 0.2) is 5.11 Å². The normalized spacial score (nSPS) is 27.3. The first-order valence-electron chi connectivity index (χ1n) is 9.03. The number of allylic oxidation sites excluding steroid dienone is 1. The van der Waals surface area contributed by atoms with Gasteiger partial charge in [-0.3, -0.25) is 0 Å². The summed E-state index contributed by atoms with van der Waals surface area (Å²) >= 11 is 11.6. The molecule has 1 aliphatic heterocycles. The molecule has 3 aliphatic rings. The van der Waals surface area contributed by atoms with Gasteiger partial charge < -0.3 is 15.1 Å². The van der Waals surface area contributed by atoms with Crippen molar-refractivity contribution < 1.29 is 13.2 Å². The zero-order chi connectivity index (χ0) is 19.2. The Morgan fingerprint density at radius 3 is 2.48 bits per heavy atom. The maximum atomic E-state index is 12.8. The van der Waals surface area contributed by atoms with Crippen LogP contribution >= 0.6 is 23.8 Å². The van der Waals surface area contributed by atoms with Gasteiger partial charge in [-0.2, -0.15) is 13.2 Å². The van der Waals surface area contributed by atoms with Crippen molar-refractivity contribution in [3.63, 3.8) is 0 Å². The number of hydrogen-bond donors (Lipinski definition) is 1. The van der Waals surface area contributed by atoms with Crippen LogP contribution in [0.1, 0.15) is 18.4 Å². The second-order valence-electron chi connectivity index (χ2n) is 7.34. The molecule has 1 aromatic heterocycles. The van der Waals surface area contributed by atoms with Crippen molar-refractivity contribution in [1.29, 1.82) is 0 Å². The molecule has 0 spiro atoms. The maximum Gasteiger partial charge on any atom is 0.417 e. The highest BCUT2D eigenvalue weighted by atomic mass is 35.5. The Bertz CT molecular complexity index is 761. The molecule has 4 rings (SSSR count). The van der Waals surface area contributed by atoms with Crippen LogP contribution in [-0.2, 0) is 6.18 Å². The SMILES string of the molecule is FC(F)(F)c1cnc(N2CCN(C(=S)N[C@@H]3C[C@H]4C=C[C@@H]3C4)CC2)c(Cl)c1. The molecule has 146 valence electrons. The third-order valence-corrected chi connectivity index (χ3v) is 6.26. The van der Waals surface area contributed by atoms with E-state index in [-0.39, 0.29) is 5.02 Å². The van der Waals surface area contributed by atoms with Crippen LogP contribution in [0.2, 0.25) is 5.02 Å². The number of alkyl halides is 3. The number of nitrogens with one attached hydrogen (secondary N) is 1. The molecule has 0 aromatic carbocycles. The molecule has 0 unspecified atom stereocenters. The van der Waals surface area contributed by atoms with Gasteiger partial charge in [-0.25, -0.2) is 4.98 Å². The van der Waals surface area contributed by atoms with Crippen LogP contribution in [0.5, 0.6) is 0 Å². The predicted octanol–water partition coefficient (Wildman–Crippen LogP) is 3.71. The lowest BCUT2D eigenvalue weighted by molar-refractivity contribution is -0.137. The van der Waals surface area contributed by atoms with Gasteiger partial charge in [0.25, 0.3) is 0 Å². The molecule has 0 amide bonds. The lowest BCUT2D eigenvalue weighted by Crippen LogP contribution is -2.54. The van der Waals surface area contributed by atoms with Gasteiger partial charge in [0.1, 0.15) is 5.82 Å². The van der Waals surface area contributed by atoms with Gasteiger partial charge in [0.2, 0.25) is 0 Å². The van der Waals surface area contributed by atoms with E-state index in [0.717, 1.165) is 23.8 Å². The molecule has 2 heterocycles. The number of aromatic nitrogens is 1. The van der Waals surface area contributed by atoms with Crippen molar-refractivity contribution in [3.8, 4) is 0 Å². The molecule has 4 nitrogen and oxygen atoms in total. The molecular formula is C18H20ClF3N4S. The second kappa shape index (κ2) is 7.13. The number of fused-ring (bicyclic) bond motifs is 2. The van der Waals surface area contributed by atoms with Crippen LogP contribution in [0.3, 0.4) is 0 Å². The monoisotopic (exact) mass is 416 g/mol. The smallest absolute Gasteiger partial charge is 0.359 e. The molecule has 3 atom stereocenters. The average Bonchev–Trinajstić information content (AvgIpc) is 3.24. The van der Waals surface area contributed by atoms with Gasteiger partial charge in [-0.1, -0.05) is 23.8 Å². The standard InChI is InChI=1S/C18H20ClF3N4S/c19-14-9-13(18(20,21)22)10-23-16(14)25-3-5-26(6-4-25)17(27)24-15-8-11-1-2-12(15)7-11/h1-2,9-12,15H,3-8H2,(H,24,27)/t11-,12+,15+/m0/s1. The minimum absolute atomic E-state index is 0.0211. The topological polar surface area (TPSA) is 31.4 Å². The van der Waals surface area contributed by atoms with Crippen molar-refractivity contribution in [2.45, 2.75) is 25.1 Å². The van der Waals surface area contributed by atoms with E-state index in [9.17, 15) is 13.2 Å². The van der Waals surface area contributed by atoms with Gasteiger partial charge in [0, 0.05) is 38.4 Å². The molecule has 2 fully saturated rings. The van der Waals surface area contributed by atoms with Crippen LogP contribution in [0.15, 0.2) is 24.4 Å². The summed E-state index contributed by atoms with van der Waals surface area (Å²) in [4.78, 5) is 7.96. The predicted molar refractivity (Wildman–Crippen MR) is 103 cm³/mol. The summed E-state index contributed by atoms with van der Waals surface area (Å²) in [5.74, 6) is 1.64. The second-order valence-corrected chi connectivity index (χ2v) is 8.13. The largest absolute Gasteiger partial charge is 0.417 e. The van der Waals surface area contributed by atoms with Crippen LogP contribution in [0.25, 0.3) is 0 Å². The van der Waals surface area contributed by atoms with Crippen molar-refractivity contribution in [3.05, 3.63) is 35.0 Å². The Morgan fingerprint density at radius 1 is 1.19 bits per heavy atom. The highest BCUT2D eigenvalue weighted by molar-refractivity contribution is 7.80. The van der Waals surface area contributed by atoms with E-state index < -0.39 is 11.7 Å². The van der Waals surface area contributed by atoms with E-state index in [1.54, 1.807) is 0 Å². The van der Waals surface area contributed by atoms with E-state index in [1.807, 2.05) is 4.90 Å². The minimum Gasteiger partial charge on any atom is -0.359 e. The summed E-state index contributed by atoms with van der Waals surface area (Å²) in [5, 5.41) is 4.27. The van der Waals surface area contributed by atoms with E-state index in [1.165, 1.54) is 6.42 Å². The third-order valence-electron chi connectivity index (χ3n) is 5.60. The van der Waals surface area contributed by atoms with Gasteiger partial charge in [-0.05, 0) is 43.0 Å². The molecule has 1 saturated carbocycles. The van der Waals surface area contributed by atoms with Crippen molar-refractivity contribution in [1.82, 2.24) is 15.2 Å². The first-order chi connectivity index (χ1) is 12.8. The van der Waals surface area contributed by atoms with Crippen LogP contribution in [0.4, 0.5) is 19.0 Å². The fourth-order valence-corrected chi connectivity index (χ4v) is 4.76. The molecule has 1 aromatic rings. The summed E-state index contributed by atoms with van der Waals surface area (Å²) in [6, 6.07) is 1.35. The zero-order valence-electron chi connectivity index (χ0n) is 14.5. The first-order valence-corrected chi connectivity index (χ1v) is 9.81. The third kappa shape index (κ3) is 3.87. The van der Waals surface area contributed by atoms with E-state index in [2.05, 4.69) is 27.4 Å². The summed E-state index contributed by atoms with van der Waals surface area (Å²) in [7, 11) is 0. The number of nitrogens with zero attached hydrogens (tertiary/aromatic N) is 3. The molecule has 2 aliphatic carbocycles. The van der Waals surface area contributed by atoms with Crippen molar-refractivity contribution in [2.24, 2.45) is 11.8 Å². The number of rotatable bonds is 2. The molecule has 9 heteroatoms. The molecule has 0 radical (unpaired) electrons. The van der Waals surface area contributed by atoms with Gasteiger partial charge >= 0.3 is 6.18 Å². The lowest BCUT2D eigenvalue weighted by Gasteiger charge is -2.38. The summed E-state index contributed by atoms with van der Waals surface area (Å²) in [5.41, 5.74) is -0.833. The van der Waals surface area contributed by atoms with Crippen molar-refractivity contribution in [2.75, 3.05) is 31.1 Å². The first kappa shape index (κ1) is 18.8. The van der Waals surface area contributed by atoms with Crippen LogP contribution < -0.4 is 10.2 Å². The molecule has 27 heavy (non-hydrogen) atoms. The summed E-state index contributed by atoms with van der Waals surface area (Å²) < 4.78 is 38.3. The Kier molecular flexibility index (Phi) is 4.96. The van der Waals surface area contributed by atoms with Crippen molar-refractivity contribution >= 4 is 34.7 Å². The van der Waals surface area contributed by atoms with E-state index in [0.29, 0.717) is 49.9 Å². The summed E-state index contributed by atoms with van der Waals surface area (Å²) in [6.07, 6.45) is 3.32. The average molecular weight is 417 g/mol. The fourth-order valence-electron chi connectivity index (χ4n) is 4.14. The van der Waals surface area contributed by atoms with Gasteiger partial charge in [0.05, 0.1) is 10.6 Å². The Hall–Kier alpha value is -1.54. The minimum atomic E-state index is -4.44. The van der Waals surface area contributed by atoms with Gasteiger partial charge in [-0.15, -0.1) is 0 Å². The Morgan fingerprint density at radius 2 is 1.93 bits per heavy atom. The number of thiocarbonyl (C=S) groups is 1. The zero-order valence-corrected chi connectivity index (χ0v) is 16.1. The van der Waals surface area contributed by atoms with E-state index >= 15 is 0 Å². The number of piperazine rings is 1. The van der Waals surface area contributed by atoms with E-state index in [4.69, 9.17) is 23.8 Å². The molecule has 2 bridgehead atoms. The van der Waals surface area contributed by atoms with Crippen LogP contribution in [0, 0.1) is 11.8 Å². The quantitative estimate of drug-likeness (QED) is 0.586. The maximum absolute atomic E-state index is 12.8. The number of hydrogen-bond acceptors (Lipinski definition) is 3. The molecule has 1 N–H and O–H groups in total. The Labute approximate surface area is 166 Å². The summed E-state index contributed by atoms with van der Waals surface area (Å²) in [6.45, 7) is 2.58. The van der Waals surface area contributed by atoms with Crippen LogP contribution in [-0.4, -0.2) is 47.2 Å². The Balaban J connectivity index is 1.33. The lowest BCUT2D eigenvalue weighted by atomic mass is 10.0. The molecular weight excluding hydrogens is 397 g/mol. The number of anilines is 1. The highest BCUT2D eigenvalue weighted by Gasteiger charge is 2.37.